The molecule has 0 aliphatic rings. The standard InChI is InChI=1S/C22H19BrCl3N5O2S/c1-30(34(32,33)20-8-7-14(24)11-18(20)26)10-4-9-27-21-12-19(15-5-2-3-6-17(15)25)29-22-16(23)13-28-31(21)22/h2-3,5-8,11-13,27H,4,9-10H2,1H3. The van der Waals surface area contributed by atoms with Gasteiger partial charge in [0.1, 0.15) is 10.7 Å². The topological polar surface area (TPSA) is 79.6 Å². The van der Waals surface area contributed by atoms with Gasteiger partial charge in [0.15, 0.2) is 5.65 Å². The van der Waals surface area contributed by atoms with E-state index in [4.69, 9.17) is 34.8 Å². The highest BCUT2D eigenvalue weighted by atomic mass is 79.9. The van der Waals surface area contributed by atoms with Crippen LogP contribution < -0.4 is 5.32 Å². The van der Waals surface area contributed by atoms with Gasteiger partial charge >= 0.3 is 0 Å². The minimum atomic E-state index is -3.74. The molecule has 0 aliphatic carbocycles. The molecule has 0 atom stereocenters. The number of benzene rings is 2. The first-order chi connectivity index (χ1) is 16.2. The van der Waals surface area contributed by atoms with E-state index < -0.39 is 10.0 Å². The molecule has 0 aliphatic heterocycles. The van der Waals surface area contributed by atoms with E-state index in [1.54, 1.807) is 10.7 Å². The molecule has 0 fully saturated rings. The van der Waals surface area contributed by atoms with Crippen molar-refractivity contribution in [2.75, 3.05) is 25.5 Å². The van der Waals surface area contributed by atoms with Crippen molar-refractivity contribution in [2.45, 2.75) is 11.3 Å². The lowest BCUT2D eigenvalue weighted by atomic mass is 10.1. The minimum absolute atomic E-state index is 0.0237. The van der Waals surface area contributed by atoms with Gasteiger partial charge in [-0.15, -0.1) is 0 Å². The fourth-order valence-corrected chi connectivity index (χ4v) is 5.89. The molecular weight excluding hydrogens is 585 g/mol. The number of aromatic nitrogens is 3. The lowest BCUT2D eigenvalue weighted by Crippen LogP contribution is -2.29. The summed E-state index contributed by atoms with van der Waals surface area (Å²) in [5.74, 6) is 0.705. The molecule has 2 aromatic heterocycles. The van der Waals surface area contributed by atoms with Gasteiger partial charge in [0, 0.05) is 41.8 Å². The Kier molecular flexibility index (Phi) is 7.71. The van der Waals surface area contributed by atoms with Crippen molar-refractivity contribution < 1.29 is 8.42 Å². The minimum Gasteiger partial charge on any atom is -0.370 e. The summed E-state index contributed by atoms with van der Waals surface area (Å²) in [5, 5.41) is 8.75. The normalized spacial score (nSPS) is 11.9. The first-order valence-electron chi connectivity index (χ1n) is 10.1. The van der Waals surface area contributed by atoms with Crippen LogP contribution in [0.15, 0.2) is 64.1 Å². The number of fused-ring (bicyclic) bond motifs is 1. The van der Waals surface area contributed by atoms with Crippen LogP contribution in [-0.4, -0.2) is 47.5 Å². The summed E-state index contributed by atoms with van der Waals surface area (Å²) < 4.78 is 29.4. The molecule has 0 saturated heterocycles. The van der Waals surface area contributed by atoms with Gasteiger partial charge < -0.3 is 5.32 Å². The highest BCUT2D eigenvalue weighted by molar-refractivity contribution is 9.10. The maximum atomic E-state index is 12.9. The molecule has 12 heteroatoms. The number of halogens is 4. The van der Waals surface area contributed by atoms with E-state index in [2.05, 4.69) is 31.3 Å². The predicted molar refractivity (Wildman–Crippen MR) is 141 cm³/mol. The van der Waals surface area contributed by atoms with E-state index in [1.807, 2.05) is 30.3 Å². The van der Waals surface area contributed by atoms with Crippen molar-refractivity contribution in [3.63, 3.8) is 0 Å². The Morgan fingerprint density at radius 2 is 1.85 bits per heavy atom. The molecule has 1 N–H and O–H groups in total. The number of sulfonamides is 1. The summed E-state index contributed by atoms with van der Waals surface area (Å²) in [6.45, 7) is 0.773. The van der Waals surface area contributed by atoms with Gasteiger partial charge in [-0.2, -0.15) is 9.61 Å². The van der Waals surface area contributed by atoms with Crippen molar-refractivity contribution in [1.29, 1.82) is 0 Å². The smallest absolute Gasteiger partial charge is 0.244 e. The van der Waals surface area contributed by atoms with E-state index in [0.29, 0.717) is 40.2 Å². The van der Waals surface area contributed by atoms with Crippen molar-refractivity contribution in [3.8, 4) is 11.3 Å². The first-order valence-corrected chi connectivity index (χ1v) is 13.5. The van der Waals surface area contributed by atoms with Crippen molar-refractivity contribution in [3.05, 3.63) is 74.3 Å². The molecule has 0 unspecified atom stereocenters. The van der Waals surface area contributed by atoms with Crippen molar-refractivity contribution in [1.82, 2.24) is 18.9 Å². The van der Waals surface area contributed by atoms with Crippen molar-refractivity contribution in [2.24, 2.45) is 0 Å². The van der Waals surface area contributed by atoms with Crippen LogP contribution in [0.2, 0.25) is 15.1 Å². The Morgan fingerprint density at radius 3 is 2.59 bits per heavy atom. The number of nitrogens with one attached hydrogen (secondary N) is 1. The summed E-state index contributed by atoms with van der Waals surface area (Å²) in [6.07, 6.45) is 2.20. The summed E-state index contributed by atoms with van der Waals surface area (Å²) in [7, 11) is -2.22. The van der Waals surface area contributed by atoms with Gasteiger partial charge in [-0.3, -0.25) is 0 Å². The van der Waals surface area contributed by atoms with E-state index in [9.17, 15) is 8.42 Å². The summed E-state index contributed by atoms with van der Waals surface area (Å²) in [6, 6.07) is 13.7. The van der Waals surface area contributed by atoms with E-state index in [1.165, 1.54) is 29.6 Å². The quantitative estimate of drug-likeness (QED) is 0.241. The summed E-state index contributed by atoms with van der Waals surface area (Å²) >= 11 is 21.8. The highest BCUT2D eigenvalue weighted by Gasteiger charge is 2.23. The second kappa shape index (κ2) is 10.4. The fraction of sp³-hybridized carbons (Fsp3) is 0.182. The van der Waals surface area contributed by atoms with E-state index in [-0.39, 0.29) is 16.5 Å². The monoisotopic (exact) mass is 601 g/mol. The van der Waals surface area contributed by atoms with Crippen LogP contribution in [0.4, 0.5) is 5.82 Å². The lowest BCUT2D eigenvalue weighted by Gasteiger charge is -2.18. The van der Waals surface area contributed by atoms with Crippen molar-refractivity contribution >= 4 is 72.2 Å². The molecule has 0 amide bonds. The molecule has 178 valence electrons. The molecule has 34 heavy (non-hydrogen) atoms. The molecule has 2 aromatic carbocycles. The zero-order valence-electron chi connectivity index (χ0n) is 17.8. The average molecular weight is 604 g/mol. The first kappa shape index (κ1) is 25.2. The molecule has 0 spiro atoms. The second-order valence-electron chi connectivity index (χ2n) is 7.42. The maximum absolute atomic E-state index is 12.9. The molecule has 4 rings (SSSR count). The van der Waals surface area contributed by atoms with Crippen LogP contribution in [0.5, 0.6) is 0 Å². The molecule has 4 aromatic rings. The zero-order chi connectivity index (χ0) is 24.5. The average Bonchev–Trinajstić information content (AvgIpc) is 3.17. The Balaban J connectivity index is 1.49. The van der Waals surface area contributed by atoms with E-state index >= 15 is 0 Å². The maximum Gasteiger partial charge on any atom is 0.244 e. The Hall–Kier alpha value is -1.88. The number of rotatable bonds is 8. The van der Waals surface area contributed by atoms with E-state index in [0.717, 1.165) is 10.0 Å². The second-order valence-corrected chi connectivity index (χ2v) is 11.5. The molecule has 0 saturated carbocycles. The number of anilines is 1. The largest absolute Gasteiger partial charge is 0.370 e. The van der Waals surface area contributed by atoms with Gasteiger partial charge in [-0.05, 0) is 46.6 Å². The van der Waals surface area contributed by atoms with Gasteiger partial charge in [-0.25, -0.2) is 17.7 Å². The third kappa shape index (κ3) is 5.19. The molecule has 7 nitrogen and oxygen atoms in total. The lowest BCUT2D eigenvalue weighted by molar-refractivity contribution is 0.465. The summed E-state index contributed by atoms with van der Waals surface area (Å²) in [4.78, 5) is 4.71. The Bertz CT molecular complexity index is 1460. The van der Waals surface area contributed by atoms with Crippen LogP contribution >= 0.6 is 50.7 Å². The Morgan fingerprint density at radius 1 is 1.09 bits per heavy atom. The van der Waals surface area contributed by atoms with Crippen LogP contribution in [0.1, 0.15) is 6.42 Å². The third-order valence-corrected chi connectivity index (χ3v) is 8.58. The molecular formula is C22H19BrCl3N5O2S. The Labute approximate surface area is 220 Å². The fourth-order valence-electron chi connectivity index (χ4n) is 3.36. The van der Waals surface area contributed by atoms with Crippen LogP contribution in [-0.2, 0) is 10.0 Å². The third-order valence-electron chi connectivity index (χ3n) is 5.12. The SMILES string of the molecule is CN(CCCNc1cc(-c2ccccc2Cl)nc2c(Br)cnn12)S(=O)(=O)c1ccc(Cl)cc1Cl. The number of nitrogens with zero attached hydrogens (tertiary/aromatic N) is 4. The number of hydrogen-bond acceptors (Lipinski definition) is 5. The predicted octanol–water partition coefficient (Wildman–Crippen LogP) is 6.24. The van der Waals surface area contributed by atoms with Crippen LogP contribution in [0, 0.1) is 0 Å². The zero-order valence-corrected chi connectivity index (χ0v) is 22.5. The number of hydrogen-bond donors (Lipinski definition) is 1. The van der Waals surface area contributed by atoms with Gasteiger partial charge in [0.2, 0.25) is 10.0 Å². The molecule has 2 heterocycles. The molecule has 0 bridgehead atoms. The van der Waals surface area contributed by atoms with Gasteiger partial charge in [0.25, 0.3) is 0 Å². The van der Waals surface area contributed by atoms with Gasteiger partial charge in [-0.1, -0.05) is 53.0 Å². The molecule has 0 radical (unpaired) electrons. The summed E-state index contributed by atoms with van der Waals surface area (Å²) in [5.41, 5.74) is 2.13. The van der Waals surface area contributed by atoms with Crippen LogP contribution in [0.25, 0.3) is 16.9 Å². The van der Waals surface area contributed by atoms with Gasteiger partial charge in [0.05, 0.1) is 21.4 Å². The highest BCUT2D eigenvalue weighted by Crippen LogP contribution is 2.30. The van der Waals surface area contributed by atoms with Crippen LogP contribution in [0.3, 0.4) is 0 Å².